The smallest absolute Gasteiger partial charge is 0.151 e. The van der Waals surface area contributed by atoms with Crippen LogP contribution in [0.1, 0.15) is 0 Å². The maximum absolute atomic E-state index is 9.76. The zero-order valence-corrected chi connectivity index (χ0v) is 5.21. The Morgan fingerprint density at radius 1 is 1.30 bits per heavy atom. The highest BCUT2D eigenvalue weighted by Crippen LogP contribution is 1.96. The first-order valence-electron chi connectivity index (χ1n) is 2.73. The molecule has 3 atom stereocenters. The molecule has 0 aromatic rings. The highest BCUT2D eigenvalue weighted by Gasteiger charge is 2.22. The summed E-state index contributed by atoms with van der Waals surface area (Å²) >= 11 is 0. The Kier molecular flexibility index (Phi) is 4.13. The molecule has 2 unspecified atom stereocenters. The van der Waals surface area contributed by atoms with Crippen LogP contribution in [0.15, 0.2) is 0 Å². The maximum atomic E-state index is 9.76. The van der Waals surface area contributed by atoms with Crippen LogP contribution in [0, 0.1) is 0 Å². The second-order valence-electron chi connectivity index (χ2n) is 1.87. The number of aliphatic hydroxyl groups is 4. The van der Waals surface area contributed by atoms with Crippen molar-refractivity contribution >= 4 is 6.29 Å². The Bertz CT molecular complexity index is 104. The lowest BCUT2D eigenvalue weighted by Gasteiger charge is -2.16. The van der Waals surface area contributed by atoms with Crippen molar-refractivity contribution in [2.75, 3.05) is 6.61 Å². The summed E-state index contributed by atoms with van der Waals surface area (Å²) in [4.78, 5) is 9.76. The van der Waals surface area contributed by atoms with Gasteiger partial charge >= 0.3 is 0 Å². The monoisotopic (exact) mass is 150 g/mol. The van der Waals surface area contributed by atoms with E-state index >= 15 is 0 Å². The Morgan fingerprint density at radius 3 is 2.10 bits per heavy atom. The molecule has 0 aromatic carbocycles. The van der Waals surface area contributed by atoms with Crippen LogP contribution < -0.4 is 0 Å². The third kappa shape index (κ3) is 2.40. The summed E-state index contributed by atoms with van der Waals surface area (Å²) in [6.07, 6.45) is -4.63. The van der Waals surface area contributed by atoms with Crippen LogP contribution >= 0.6 is 0 Å². The van der Waals surface area contributed by atoms with Gasteiger partial charge in [0.1, 0.15) is 18.3 Å². The third-order valence-electron chi connectivity index (χ3n) is 1.07. The number of hydrogen-bond acceptors (Lipinski definition) is 5. The van der Waals surface area contributed by atoms with Gasteiger partial charge in [-0.15, -0.1) is 0 Å². The number of rotatable bonds is 4. The van der Waals surface area contributed by atoms with Gasteiger partial charge in [-0.1, -0.05) is 0 Å². The molecular formula is C5H10O5. The Hall–Kier alpha value is -0.490. The molecule has 5 nitrogen and oxygen atoms in total. The van der Waals surface area contributed by atoms with Crippen molar-refractivity contribution in [3.05, 3.63) is 0 Å². The van der Waals surface area contributed by atoms with Crippen LogP contribution in [0.2, 0.25) is 0 Å². The molecule has 0 aliphatic carbocycles. The first-order valence-corrected chi connectivity index (χ1v) is 2.73. The van der Waals surface area contributed by atoms with Crippen LogP contribution in [0.25, 0.3) is 0 Å². The Morgan fingerprint density at radius 2 is 1.80 bits per heavy atom. The molecule has 0 saturated heterocycles. The van der Waals surface area contributed by atoms with Gasteiger partial charge in [0.2, 0.25) is 0 Å². The molecule has 0 saturated carbocycles. The Balaban J connectivity index is 3.80. The van der Waals surface area contributed by atoms with Gasteiger partial charge in [0.05, 0.1) is 6.61 Å². The topological polar surface area (TPSA) is 98.0 Å². The summed E-state index contributed by atoms with van der Waals surface area (Å²) < 4.78 is 0. The van der Waals surface area contributed by atoms with E-state index in [1.54, 1.807) is 0 Å². The molecule has 0 aliphatic rings. The fourth-order valence-corrected chi connectivity index (χ4v) is 0.416. The van der Waals surface area contributed by atoms with Crippen molar-refractivity contribution in [2.45, 2.75) is 18.3 Å². The summed E-state index contributed by atoms with van der Waals surface area (Å²) in [5.74, 6) is 0. The first-order chi connectivity index (χ1) is 4.63. The van der Waals surface area contributed by atoms with Crippen molar-refractivity contribution < 1.29 is 25.2 Å². The van der Waals surface area contributed by atoms with E-state index in [9.17, 15) is 4.79 Å². The van der Waals surface area contributed by atoms with E-state index in [2.05, 4.69) is 0 Å². The van der Waals surface area contributed by atoms with Gasteiger partial charge in [-0.05, 0) is 0 Å². The summed E-state index contributed by atoms with van der Waals surface area (Å²) in [6.45, 7) is -0.688. The van der Waals surface area contributed by atoms with Crippen molar-refractivity contribution in [1.29, 1.82) is 0 Å². The predicted molar refractivity (Wildman–Crippen MR) is 31.2 cm³/mol. The fraction of sp³-hybridized carbons (Fsp3) is 0.800. The molecule has 5 heteroatoms. The minimum absolute atomic E-state index is 0.0869. The minimum Gasteiger partial charge on any atom is -0.394 e. The molecule has 0 aliphatic heterocycles. The van der Waals surface area contributed by atoms with E-state index in [1.807, 2.05) is 0 Å². The van der Waals surface area contributed by atoms with Crippen molar-refractivity contribution in [3.63, 3.8) is 0 Å². The molecule has 60 valence electrons. The van der Waals surface area contributed by atoms with Gasteiger partial charge in [0, 0.05) is 0 Å². The number of carbonyl (C=O) groups is 1. The van der Waals surface area contributed by atoms with E-state index in [-0.39, 0.29) is 6.29 Å². The molecule has 0 radical (unpaired) electrons. The number of carbonyl (C=O) groups excluding carboxylic acids is 1. The Labute approximate surface area is 57.5 Å². The second-order valence-corrected chi connectivity index (χ2v) is 1.87. The second kappa shape index (κ2) is 4.35. The first kappa shape index (κ1) is 9.51. The molecule has 0 aromatic heterocycles. The van der Waals surface area contributed by atoms with Crippen LogP contribution in [-0.2, 0) is 4.79 Å². The van der Waals surface area contributed by atoms with Crippen molar-refractivity contribution in [2.24, 2.45) is 0 Å². The van der Waals surface area contributed by atoms with Gasteiger partial charge in [0.15, 0.2) is 6.29 Å². The average Bonchev–Trinajstić information content (AvgIpc) is 2.00. The summed E-state index contributed by atoms with van der Waals surface area (Å²) in [5.41, 5.74) is 0. The van der Waals surface area contributed by atoms with E-state index in [4.69, 9.17) is 20.4 Å². The van der Waals surface area contributed by atoms with E-state index in [1.165, 1.54) is 0 Å². The van der Waals surface area contributed by atoms with Crippen LogP contribution in [0.5, 0.6) is 0 Å². The molecule has 4 N–H and O–H groups in total. The van der Waals surface area contributed by atoms with E-state index in [0.717, 1.165) is 0 Å². The lowest BCUT2D eigenvalue weighted by atomic mass is 10.1. The van der Waals surface area contributed by atoms with Crippen LogP contribution in [0.4, 0.5) is 0 Å². The molecule has 0 fully saturated rings. The predicted octanol–water partition coefficient (Wildman–Crippen LogP) is -2.74. The van der Waals surface area contributed by atoms with Gasteiger partial charge in [-0.3, -0.25) is 0 Å². The van der Waals surface area contributed by atoms with Gasteiger partial charge in [-0.25, -0.2) is 0 Å². The quantitative estimate of drug-likeness (QED) is 0.326. The summed E-state index contributed by atoms with van der Waals surface area (Å²) in [6, 6.07) is 0. The normalized spacial score (nSPS) is 19.6. The zero-order valence-electron chi connectivity index (χ0n) is 5.21. The van der Waals surface area contributed by atoms with Crippen molar-refractivity contribution in [1.82, 2.24) is 0 Å². The van der Waals surface area contributed by atoms with E-state index in [0.29, 0.717) is 0 Å². The van der Waals surface area contributed by atoms with Crippen molar-refractivity contribution in [3.8, 4) is 0 Å². The van der Waals surface area contributed by atoms with Gasteiger partial charge < -0.3 is 25.2 Å². The van der Waals surface area contributed by atoms with Gasteiger partial charge in [0.25, 0.3) is 0 Å². The average molecular weight is 150 g/mol. The lowest BCUT2D eigenvalue weighted by molar-refractivity contribution is -0.127. The lowest BCUT2D eigenvalue weighted by Crippen LogP contribution is -2.40. The summed E-state index contributed by atoms with van der Waals surface area (Å²) in [5, 5.41) is 34.1. The molecule has 0 rings (SSSR count). The largest absolute Gasteiger partial charge is 0.394 e. The minimum atomic E-state index is -1.64. The molecule has 0 heterocycles. The maximum Gasteiger partial charge on any atom is 0.151 e. The standard InChI is InChI=1S/C5H10O5/c6-1-3(8)5(10)4(9)2-7/h1,3-5,7-10H,2H2/t3?,4?,5-/m0/s1. The molecule has 0 spiro atoms. The molecular weight excluding hydrogens is 140 g/mol. The molecule has 0 amide bonds. The molecule has 0 bridgehead atoms. The summed E-state index contributed by atoms with van der Waals surface area (Å²) in [7, 11) is 0. The highest BCUT2D eigenvalue weighted by molar-refractivity contribution is 5.56. The highest BCUT2D eigenvalue weighted by atomic mass is 16.4. The SMILES string of the molecule is O=CC(O)[C@H](O)C(O)CO. The van der Waals surface area contributed by atoms with E-state index < -0.39 is 24.9 Å². The third-order valence-corrected chi connectivity index (χ3v) is 1.07. The molecule has 10 heavy (non-hydrogen) atoms. The number of hydrogen-bond donors (Lipinski definition) is 4. The zero-order chi connectivity index (χ0) is 8.15. The van der Waals surface area contributed by atoms with Crippen LogP contribution in [-0.4, -0.2) is 51.6 Å². The van der Waals surface area contributed by atoms with Crippen LogP contribution in [0.3, 0.4) is 0 Å². The number of aliphatic hydroxyl groups excluding tert-OH is 4. The fourth-order valence-electron chi connectivity index (χ4n) is 0.416. The number of aldehydes is 1. The van der Waals surface area contributed by atoms with Gasteiger partial charge in [-0.2, -0.15) is 0 Å².